The second kappa shape index (κ2) is 3.74. The van der Waals surface area contributed by atoms with Crippen LogP contribution in [0.4, 0.5) is 0 Å². The maximum atomic E-state index is 4.46. The first-order valence-corrected chi connectivity index (χ1v) is 4.91. The van der Waals surface area contributed by atoms with Crippen molar-refractivity contribution in [2.24, 2.45) is 0 Å². The molecule has 0 amide bonds. The minimum Gasteiger partial charge on any atom is -0.261 e. The Kier molecular flexibility index (Phi) is 2.44. The van der Waals surface area contributed by atoms with Crippen molar-refractivity contribution in [3.63, 3.8) is 0 Å². The molecule has 0 atom stereocenters. The van der Waals surface area contributed by atoms with E-state index in [0.717, 1.165) is 24.2 Å². The molecule has 1 aromatic rings. The Morgan fingerprint density at radius 3 is 2.57 bits per heavy atom. The van der Waals surface area contributed by atoms with Crippen molar-refractivity contribution >= 4 is 5.57 Å². The second-order valence-electron chi connectivity index (χ2n) is 3.75. The van der Waals surface area contributed by atoms with Gasteiger partial charge in [-0.2, -0.15) is 0 Å². The van der Waals surface area contributed by atoms with Gasteiger partial charge in [-0.05, 0) is 32.3 Å². The van der Waals surface area contributed by atoms with Crippen LogP contribution >= 0.6 is 0 Å². The third kappa shape index (κ3) is 1.90. The first kappa shape index (κ1) is 9.13. The maximum Gasteiger partial charge on any atom is 0.0848 e. The molecule has 0 saturated carbocycles. The van der Waals surface area contributed by atoms with Gasteiger partial charge in [0.1, 0.15) is 0 Å². The fourth-order valence-electron chi connectivity index (χ4n) is 1.57. The van der Waals surface area contributed by atoms with Crippen LogP contribution in [0.5, 0.6) is 0 Å². The lowest BCUT2D eigenvalue weighted by Gasteiger charge is -2.11. The molecule has 1 heterocycles. The van der Waals surface area contributed by atoms with Crippen LogP contribution in [0.2, 0.25) is 0 Å². The SMILES string of the molecule is CC1=CC=C(c2cncc(C)n2)CC1. The van der Waals surface area contributed by atoms with E-state index in [-0.39, 0.29) is 0 Å². The van der Waals surface area contributed by atoms with Crippen molar-refractivity contribution in [1.29, 1.82) is 0 Å². The van der Waals surface area contributed by atoms with E-state index in [1.54, 1.807) is 6.20 Å². The van der Waals surface area contributed by atoms with Crippen LogP contribution in [0.25, 0.3) is 5.57 Å². The van der Waals surface area contributed by atoms with E-state index in [9.17, 15) is 0 Å². The Hall–Kier alpha value is -1.44. The van der Waals surface area contributed by atoms with Crippen molar-refractivity contribution < 1.29 is 0 Å². The van der Waals surface area contributed by atoms with Crippen LogP contribution in [-0.4, -0.2) is 9.97 Å². The molecule has 0 saturated heterocycles. The summed E-state index contributed by atoms with van der Waals surface area (Å²) in [5, 5.41) is 0. The van der Waals surface area contributed by atoms with Crippen molar-refractivity contribution in [3.05, 3.63) is 41.5 Å². The quantitative estimate of drug-likeness (QED) is 0.674. The average Bonchev–Trinajstić information content (AvgIpc) is 2.19. The topological polar surface area (TPSA) is 25.8 Å². The Morgan fingerprint density at radius 1 is 1.07 bits per heavy atom. The lowest BCUT2D eigenvalue weighted by molar-refractivity contribution is 0.958. The van der Waals surface area contributed by atoms with Gasteiger partial charge in [0.05, 0.1) is 17.6 Å². The highest BCUT2D eigenvalue weighted by atomic mass is 14.8. The zero-order valence-electron chi connectivity index (χ0n) is 8.62. The molecule has 0 spiro atoms. The predicted octanol–water partition coefficient (Wildman–Crippen LogP) is 2.91. The zero-order chi connectivity index (χ0) is 9.97. The van der Waals surface area contributed by atoms with Gasteiger partial charge in [0.25, 0.3) is 0 Å². The number of aryl methyl sites for hydroxylation is 1. The standard InChI is InChI=1S/C12H14N2/c1-9-3-5-11(6-4-9)12-8-13-7-10(2)14-12/h3,5,7-8H,4,6H2,1-2H3. The van der Waals surface area contributed by atoms with E-state index in [1.807, 2.05) is 13.1 Å². The van der Waals surface area contributed by atoms with Crippen molar-refractivity contribution in [2.45, 2.75) is 26.7 Å². The summed E-state index contributed by atoms with van der Waals surface area (Å²) in [5.74, 6) is 0. The molecular formula is C12H14N2. The van der Waals surface area contributed by atoms with Crippen LogP contribution in [0, 0.1) is 6.92 Å². The molecule has 14 heavy (non-hydrogen) atoms. The van der Waals surface area contributed by atoms with Gasteiger partial charge >= 0.3 is 0 Å². The van der Waals surface area contributed by atoms with Gasteiger partial charge in [0.2, 0.25) is 0 Å². The van der Waals surface area contributed by atoms with Crippen molar-refractivity contribution in [2.75, 3.05) is 0 Å². The number of rotatable bonds is 1. The number of allylic oxidation sites excluding steroid dienone is 4. The number of aromatic nitrogens is 2. The minimum atomic E-state index is 0.981. The first-order chi connectivity index (χ1) is 6.75. The lowest BCUT2D eigenvalue weighted by Crippen LogP contribution is -1.96. The normalized spacial score (nSPS) is 16.1. The summed E-state index contributed by atoms with van der Waals surface area (Å²) in [6.07, 6.45) is 10.2. The molecule has 72 valence electrons. The highest BCUT2D eigenvalue weighted by Crippen LogP contribution is 2.24. The van der Waals surface area contributed by atoms with E-state index < -0.39 is 0 Å². The van der Waals surface area contributed by atoms with E-state index >= 15 is 0 Å². The van der Waals surface area contributed by atoms with Gasteiger partial charge in [-0.1, -0.05) is 17.7 Å². The fraction of sp³-hybridized carbons (Fsp3) is 0.333. The third-order valence-corrected chi connectivity index (χ3v) is 2.44. The molecule has 2 nitrogen and oxygen atoms in total. The molecule has 0 unspecified atom stereocenters. The molecule has 0 radical (unpaired) electrons. The third-order valence-electron chi connectivity index (χ3n) is 2.44. The summed E-state index contributed by atoms with van der Waals surface area (Å²) in [4.78, 5) is 8.62. The monoisotopic (exact) mass is 186 g/mol. The summed E-state index contributed by atoms with van der Waals surface area (Å²) < 4.78 is 0. The smallest absolute Gasteiger partial charge is 0.0848 e. The molecule has 2 rings (SSSR count). The van der Waals surface area contributed by atoms with Crippen LogP contribution in [0.15, 0.2) is 30.1 Å². The molecule has 1 aliphatic carbocycles. The summed E-state index contributed by atoms with van der Waals surface area (Å²) in [7, 11) is 0. The van der Waals surface area contributed by atoms with E-state index in [1.165, 1.54) is 11.1 Å². The number of nitrogens with zero attached hydrogens (tertiary/aromatic N) is 2. The molecule has 0 fully saturated rings. The highest BCUT2D eigenvalue weighted by Gasteiger charge is 2.07. The van der Waals surface area contributed by atoms with Crippen molar-refractivity contribution in [3.8, 4) is 0 Å². The molecule has 0 aliphatic heterocycles. The predicted molar refractivity (Wildman–Crippen MR) is 57.7 cm³/mol. The first-order valence-electron chi connectivity index (χ1n) is 4.91. The molecular weight excluding hydrogens is 172 g/mol. The number of hydrogen-bond donors (Lipinski definition) is 0. The molecule has 0 aromatic carbocycles. The van der Waals surface area contributed by atoms with E-state index in [2.05, 4.69) is 29.0 Å². The Labute approximate surface area is 84.4 Å². The Balaban J connectivity index is 2.32. The molecule has 1 aliphatic rings. The summed E-state index contributed by atoms with van der Waals surface area (Å²) in [5.41, 5.74) is 4.74. The molecule has 2 heteroatoms. The van der Waals surface area contributed by atoms with Crippen LogP contribution in [0.1, 0.15) is 31.2 Å². The maximum absolute atomic E-state index is 4.46. The number of hydrogen-bond acceptors (Lipinski definition) is 2. The average molecular weight is 186 g/mol. The van der Waals surface area contributed by atoms with Gasteiger partial charge < -0.3 is 0 Å². The Morgan fingerprint density at radius 2 is 1.93 bits per heavy atom. The fourth-order valence-corrected chi connectivity index (χ4v) is 1.57. The van der Waals surface area contributed by atoms with E-state index in [0.29, 0.717) is 0 Å². The Bertz CT molecular complexity index is 403. The highest BCUT2D eigenvalue weighted by molar-refractivity contribution is 5.65. The lowest BCUT2D eigenvalue weighted by atomic mass is 9.97. The van der Waals surface area contributed by atoms with Crippen LogP contribution < -0.4 is 0 Å². The van der Waals surface area contributed by atoms with Gasteiger partial charge in [0.15, 0.2) is 0 Å². The summed E-state index contributed by atoms with van der Waals surface area (Å²) >= 11 is 0. The van der Waals surface area contributed by atoms with E-state index in [4.69, 9.17) is 0 Å². The largest absolute Gasteiger partial charge is 0.261 e. The van der Waals surface area contributed by atoms with Crippen LogP contribution in [-0.2, 0) is 0 Å². The van der Waals surface area contributed by atoms with Gasteiger partial charge in [-0.3, -0.25) is 9.97 Å². The summed E-state index contributed by atoms with van der Waals surface area (Å²) in [6.45, 7) is 4.14. The summed E-state index contributed by atoms with van der Waals surface area (Å²) in [6, 6.07) is 0. The second-order valence-corrected chi connectivity index (χ2v) is 3.75. The molecule has 0 N–H and O–H groups in total. The van der Waals surface area contributed by atoms with Crippen molar-refractivity contribution in [1.82, 2.24) is 9.97 Å². The molecule has 0 bridgehead atoms. The van der Waals surface area contributed by atoms with Gasteiger partial charge in [-0.15, -0.1) is 0 Å². The zero-order valence-corrected chi connectivity index (χ0v) is 8.62. The van der Waals surface area contributed by atoms with Gasteiger partial charge in [-0.25, -0.2) is 0 Å². The van der Waals surface area contributed by atoms with Crippen LogP contribution in [0.3, 0.4) is 0 Å². The molecule has 1 aromatic heterocycles. The van der Waals surface area contributed by atoms with Gasteiger partial charge in [0, 0.05) is 6.20 Å². The minimum absolute atomic E-state index is 0.981.